The molecule has 0 bridgehead atoms. The van der Waals surface area contributed by atoms with Crippen LogP contribution in [0, 0.1) is 11.7 Å². The van der Waals surface area contributed by atoms with E-state index in [9.17, 15) is 14.3 Å². The van der Waals surface area contributed by atoms with Crippen LogP contribution in [0.4, 0.5) is 4.39 Å². The van der Waals surface area contributed by atoms with Gasteiger partial charge in [-0.15, -0.1) is 0 Å². The van der Waals surface area contributed by atoms with Crippen molar-refractivity contribution in [1.29, 1.82) is 0 Å². The molecule has 1 aliphatic heterocycles. The van der Waals surface area contributed by atoms with Gasteiger partial charge in [0, 0.05) is 6.42 Å². The molecule has 22 heavy (non-hydrogen) atoms. The van der Waals surface area contributed by atoms with Crippen molar-refractivity contribution < 1.29 is 14.3 Å². The van der Waals surface area contributed by atoms with Crippen molar-refractivity contribution in [2.75, 3.05) is 26.2 Å². The lowest BCUT2D eigenvalue weighted by atomic mass is 9.93. The number of aliphatic hydroxyl groups is 1. The van der Waals surface area contributed by atoms with E-state index < -0.39 is 6.04 Å². The maximum Gasteiger partial charge on any atom is 0.220 e. The monoisotopic (exact) mass is 308 g/mol. The summed E-state index contributed by atoms with van der Waals surface area (Å²) in [4.78, 5) is 14.6. The SMILES string of the molecule is CCN1CCC(CC(=O)NC(CO)c2ccc(F)cc2)CC1. The first-order valence-electron chi connectivity index (χ1n) is 8.00. The van der Waals surface area contributed by atoms with E-state index in [0.29, 0.717) is 12.3 Å². The molecule has 1 atom stereocenters. The Morgan fingerprint density at radius 1 is 1.36 bits per heavy atom. The van der Waals surface area contributed by atoms with Crippen molar-refractivity contribution in [3.05, 3.63) is 35.6 Å². The largest absolute Gasteiger partial charge is 0.394 e. The number of piperidine rings is 1. The Balaban J connectivity index is 1.83. The predicted octanol–water partition coefficient (Wildman–Crippen LogP) is 2.10. The van der Waals surface area contributed by atoms with Crippen molar-refractivity contribution in [3.8, 4) is 0 Å². The summed E-state index contributed by atoms with van der Waals surface area (Å²) >= 11 is 0. The lowest BCUT2D eigenvalue weighted by Gasteiger charge is -2.31. The maximum absolute atomic E-state index is 12.9. The number of benzene rings is 1. The van der Waals surface area contributed by atoms with Gasteiger partial charge in [-0.25, -0.2) is 4.39 Å². The number of aliphatic hydroxyl groups excluding tert-OH is 1. The van der Waals surface area contributed by atoms with Gasteiger partial charge in [0.05, 0.1) is 12.6 Å². The molecule has 1 saturated heterocycles. The van der Waals surface area contributed by atoms with Crippen molar-refractivity contribution in [3.63, 3.8) is 0 Å². The molecule has 1 aromatic carbocycles. The van der Waals surface area contributed by atoms with E-state index in [0.717, 1.165) is 38.0 Å². The number of rotatable bonds is 6. The van der Waals surface area contributed by atoms with Gasteiger partial charge in [0.15, 0.2) is 0 Å². The summed E-state index contributed by atoms with van der Waals surface area (Å²) in [5, 5.41) is 12.3. The number of amides is 1. The minimum atomic E-state index is -0.469. The second-order valence-corrected chi connectivity index (χ2v) is 5.94. The molecule has 0 radical (unpaired) electrons. The molecule has 0 aromatic heterocycles. The molecule has 0 aliphatic carbocycles. The molecule has 0 spiro atoms. The number of likely N-dealkylation sites (tertiary alicyclic amines) is 1. The summed E-state index contributed by atoms with van der Waals surface area (Å²) in [7, 11) is 0. The number of hydrogen-bond acceptors (Lipinski definition) is 3. The molecule has 1 heterocycles. The third-order valence-corrected chi connectivity index (χ3v) is 4.42. The first kappa shape index (κ1) is 16.9. The van der Waals surface area contributed by atoms with Gasteiger partial charge in [0.1, 0.15) is 5.82 Å². The number of halogens is 1. The zero-order valence-corrected chi connectivity index (χ0v) is 13.1. The second kappa shape index (κ2) is 8.25. The highest BCUT2D eigenvalue weighted by Gasteiger charge is 2.22. The van der Waals surface area contributed by atoms with Gasteiger partial charge in [-0.3, -0.25) is 4.79 Å². The van der Waals surface area contributed by atoms with Gasteiger partial charge < -0.3 is 15.3 Å². The minimum Gasteiger partial charge on any atom is -0.394 e. The highest BCUT2D eigenvalue weighted by atomic mass is 19.1. The number of carbonyl (C=O) groups is 1. The highest BCUT2D eigenvalue weighted by Crippen LogP contribution is 2.21. The molecule has 1 unspecified atom stereocenters. The molecule has 1 aliphatic rings. The van der Waals surface area contributed by atoms with Gasteiger partial charge in [-0.2, -0.15) is 0 Å². The first-order valence-corrected chi connectivity index (χ1v) is 8.00. The van der Waals surface area contributed by atoms with Crippen LogP contribution in [0.5, 0.6) is 0 Å². The Morgan fingerprint density at radius 3 is 2.55 bits per heavy atom. The first-order chi connectivity index (χ1) is 10.6. The Labute approximate surface area is 131 Å². The van der Waals surface area contributed by atoms with Crippen molar-refractivity contribution in [2.45, 2.75) is 32.2 Å². The maximum atomic E-state index is 12.9. The predicted molar refractivity (Wildman–Crippen MR) is 83.8 cm³/mol. The molecule has 122 valence electrons. The standard InChI is InChI=1S/C17H25FN2O2/c1-2-20-9-7-13(8-10-20)11-17(22)19-16(12-21)14-3-5-15(18)6-4-14/h3-6,13,16,21H,2,7-12H2,1H3,(H,19,22). The van der Waals surface area contributed by atoms with Crippen LogP contribution in [-0.4, -0.2) is 42.2 Å². The number of carbonyl (C=O) groups excluding carboxylic acids is 1. The molecular weight excluding hydrogens is 283 g/mol. The van der Waals surface area contributed by atoms with Crippen LogP contribution in [-0.2, 0) is 4.79 Å². The summed E-state index contributed by atoms with van der Waals surface area (Å²) < 4.78 is 12.9. The summed E-state index contributed by atoms with van der Waals surface area (Å²) in [5.74, 6) is 0.0446. The van der Waals surface area contributed by atoms with Crippen LogP contribution in [0.15, 0.2) is 24.3 Å². The Morgan fingerprint density at radius 2 is 2.00 bits per heavy atom. The molecular formula is C17H25FN2O2. The third kappa shape index (κ3) is 4.78. The van der Waals surface area contributed by atoms with E-state index in [1.807, 2.05) is 0 Å². The average Bonchev–Trinajstić information content (AvgIpc) is 2.54. The molecule has 4 nitrogen and oxygen atoms in total. The molecule has 1 aromatic rings. The van der Waals surface area contributed by atoms with Crippen LogP contribution in [0.3, 0.4) is 0 Å². The lowest BCUT2D eigenvalue weighted by Crippen LogP contribution is -2.37. The quantitative estimate of drug-likeness (QED) is 0.846. The Hall–Kier alpha value is -1.46. The fourth-order valence-corrected chi connectivity index (χ4v) is 2.95. The summed E-state index contributed by atoms with van der Waals surface area (Å²) in [6.07, 6.45) is 2.58. The fourth-order valence-electron chi connectivity index (χ4n) is 2.95. The van der Waals surface area contributed by atoms with Crippen LogP contribution >= 0.6 is 0 Å². The molecule has 0 saturated carbocycles. The summed E-state index contributed by atoms with van der Waals surface area (Å²) in [5.41, 5.74) is 0.720. The van der Waals surface area contributed by atoms with Gasteiger partial charge >= 0.3 is 0 Å². The number of hydrogen-bond donors (Lipinski definition) is 2. The van der Waals surface area contributed by atoms with E-state index >= 15 is 0 Å². The van der Waals surface area contributed by atoms with Crippen molar-refractivity contribution >= 4 is 5.91 Å². The van der Waals surface area contributed by atoms with Crippen LogP contribution in [0.2, 0.25) is 0 Å². The van der Waals surface area contributed by atoms with Crippen molar-refractivity contribution in [1.82, 2.24) is 10.2 Å². The van der Waals surface area contributed by atoms with Crippen LogP contribution in [0.1, 0.15) is 37.8 Å². The highest BCUT2D eigenvalue weighted by molar-refractivity contribution is 5.76. The lowest BCUT2D eigenvalue weighted by molar-refractivity contribution is -0.123. The molecule has 5 heteroatoms. The van der Waals surface area contributed by atoms with Crippen LogP contribution in [0.25, 0.3) is 0 Å². The fraction of sp³-hybridized carbons (Fsp3) is 0.588. The average molecular weight is 308 g/mol. The van der Waals surface area contributed by atoms with E-state index in [1.165, 1.54) is 12.1 Å². The zero-order valence-electron chi connectivity index (χ0n) is 13.1. The number of nitrogens with one attached hydrogen (secondary N) is 1. The van der Waals surface area contributed by atoms with Gasteiger partial charge in [0.25, 0.3) is 0 Å². The van der Waals surface area contributed by atoms with Gasteiger partial charge in [-0.1, -0.05) is 19.1 Å². The third-order valence-electron chi connectivity index (χ3n) is 4.42. The van der Waals surface area contributed by atoms with E-state index in [2.05, 4.69) is 17.1 Å². The van der Waals surface area contributed by atoms with E-state index in [-0.39, 0.29) is 18.3 Å². The topological polar surface area (TPSA) is 52.6 Å². The van der Waals surface area contributed by atoms with Gasteiger partial charge in [0.2, 0.25) is 5.91 Å². The van der Waals surface area contributed by atoms with Crippen LogP contribution < -0.4 is 5.32 Å². The van der Waals surface area contributed by atoms with Gasteiger partial charge in [-0.05, 0) is 56.1 Å². The molecule has 1 amide bonds. The van der Waals surface area contributed by atoms with Crippen molar-refractivity contribution in [2.24, 2.45) is 5.92 Å². The summed E-state index contributed by atoms with van der Waals surface area (Å²) in [6, 6.07) is 5.39. The number of nitrogens with zero attached hydrogens (tertiary/aromatic N) is 1. The minimum absolute atomic E-state index is 0.0432. The zero-order chi connectivity index (χ0) is 15.9. The van der Waals surface area contributed by atoms with E-state index in [1.54, 1.807) is 12.1 Å². The molecule has 2 N–H and O–H groups in total. The Kier molecular flexibility index (Phi) is 6.34. The smallest absolute Gasteiger partial charge is 0.220 e. The summed E-state index contributed by atoms with van der Waals surface area (Å²) in [6.45, 7) is 5.13. The second-order valence-electron chi connectivity index (χ2n) is 5.94. The normalized spacial score (nSPS) is 18.1. The molecule has 2 rings (SSSR count). The van der Waals surface area contributed by atoms with E-state index in [4.69, 9.17) is 0 Å². The Bertz CT molecular complexity index is 470. The molecule has 1 fully saturated rings.